The molecule has 1 aromatic rings. The number of sulfonamides is 1. The zero-order valence-electron chi connectivity index (χ0n) is 11.2. The van der Waals surface area contributed by atoms with Crippen LogP contribution in [-0.4, -0.2) is 30.3 Å². The van der Waals surface area contributed by atoms with Gasteiger partial charge in [0.2, 0.25) is 10.0 Å². The van der Waals surface area contributed by atoms with E-state index in [0.29, 0.717) is 12.1 Å². The quantitative estimate of drug-likeness (QED) is 0.861. The fraction of sp³-hybridized carbons (Fsp3) is 0.462. The maximum absolute atomic E-state index is 12.7. The van der Waals surface area contributed by atoms with Crippen molar-refractivity contribution in [1.82, 2.24) is 4.31 Å². The molecule has 0 amide bonds. The average Bonchev–Trinajstić information content (AvgIpc) is 2.87. The monoisotopic (exact) mass is 332 g/mol. The molecule has 0 spiro atoms. The minimum absolute atomic E-state index is 0.0614. The third-order valence-corrected chi connectivity index (χ3v) is 6.27. The number of thiocarbonyl (C=S) groups is 1. The Hall–Kier alpha value is -0.690. The normalized spacial score (nSPS) is 20.2. The van der Waals surface area contributed by atoms with E-state index in [4.69, 9.17) is 29.6 Å². The van der Waals surface area contributed by atoms with Gasteiger partial charge in [-0.05, 0) is 31.4 Å². The Bertz CT molecular complexity index is 631. The van der Waals surface area contributed by atoms with Gasteiger partial charge in [0.05, 0.1) is 5.02 Å². The minimum Gasteiger partial charge on any atom is -0.389 e. The van der Waals surface area contributed by atoms with Crippen LogP contribution in [0.5, 0.6) is 0 Å². The Morgan fingerprint density at radius 1 is 1.55 bits per heavy atom. The molecule has 1 saturated heterocycles. The van der Waals surface area contributed by atoms with Gasteiger partial charge in [-0.2, -0.15) is 4.31 Å². The van der Waals surface area contributed by atoms with E-state index in [9.17, 15) is 8.42 Å². The zero-order valence-corrected chi connectivity index (χ0v) is 13.6. The maximum atomic E-state index is 12.7. The van der Waals surface area contributed by atoms with Crippen molar-refractivity contribution in [1.29, 1.82) is 0 Å². The molecule has 4 nitrogen and oxygen atoms in total. The first kappa shape index (κ1) is 15.7. The molecule has 20 heavy (non-hydrogen) atoms. The Morgan fingerprint density at radius 3 is 2.80 bits per heavy atom. The van der Waals surface area contributed by atoms with Crippen LogP contribution < -0.4 is 5.73 Å². The Kier molecular flexibility index (Phi) is 4.69. The second-order valence-electron chi connectivity index (χ2n) is 4.83. The summed E-state index contributed by atoms with van der Waals surface area (Å²) in [7, 11) is -3.56. The van der Waals surface area contributed by atoms with E-state index in [0.717, 1.165) is 19.3 Å². The van der Waals surface area contributed by atoms with Crippen molar-refractivity contribution in [2.24, 2.45) is 5.73 Å². The number of nitrogens with zero attached hydrogens (tertiary/aromatic N) is 1. The van der Waals surface area contributed by atoms with Gasteiger partial charge in [0.25, 0.3) is 0 Å². The average molecular weight is 333 g/mol. The predicted octanol–water partition coefficient (Wildman–Crippen LogP) is 2.54. The molecular weight excluding hydrogens is 316 g/mol. The highest BCUT2D eigenvalue weighted by molar-refractivity contribution is 7.89. The highest BCUT2D eigenvalue weighted by atomic mass is 35.5. The number of hydrogen-bond donors (Lipinski definition) is 1. The van der Waals surface area contributed by atoms with Crippen molar-refractivity contribution in [2.45, 2.75) is 37.1 Å². The summed E-state index contributed by atoms with van der Waals surface area (Å²) >= 11 is 11.0. The second kappa shape index (κ2) is 5.97. The molecule has 1 aliphatic rings. The van der Waals surface area contributed by atoms with Gasteiger partial charge in [-0.3, -0.25) is 0 Å². The van der Waals surface area contributed by atoms with Gasteiger partial charge in [0, 0.05) is 18.2 Å². The lowest BCUT2D eigenvalue weighted by molar-refractivity contribution is 0.379. The SMILES string of the molecule is CCC1CCCN1S(=O)(=O)c1ccc(C(N)=S)cc1Cl. The van der Waals surface area contributed by atoms with Crippen LogP contribution in [0.15, 0.2) is 23.1 Å². The Morgan fingerprint density at radius 2 is 2.25 bits per heavy atom. The molecule has 0 saturated carbocycles. The van der Waals surface area contributed by atoms with Crippen molar-refractivity contribution >= 4 is 38.8 Å². The van der Waals surface area contributed by atoms with Crippen LogP contribution in [0.4, 0.5) is 0 Å². The summed E-state index contributed by atoms with van der Waals surface area (Å²) in [6.07, 6.45) is 2.60. The van der Waals surface area contributed by atoms with E-state index in [-0.39, 0.29) is 20.9 Å². The third kappa shape index (κ3) is 2.83. The molecule has 1 fully saturated rings. The van der Waals surface area contributed by atoms with Gasteiger partial charge in [-0.25, -0.2) is 8.42 Å². The van der Waals surface area contributed by atoms with Gasteiger partial charge in [0.15, 0.2) is 0 Å². The van der Waals surface area contributed by atoms with Gasteiger partial charge in [-0.1, -0.05) is 36.8 Å². The van der Waals surface area contributed by atoms with E-state index in [1.54, 1.807) is 10.4 Å². The lowest BCUT2D eigenvalue weighted by atomic mass is 10.2. The fourth-order valence-corrected chi connectivity index (χ4v) is 4.94. The van der Waals surface area contributed by atoms with Crippen LogP contribution in [0, 0.1) is 0 Å². The summed E-state index contributed by atoms with van der Waals surface area (Å²) in [5, 5.41) is 0.164. The number of halogens is 1. The molecule has 0 bridgehead atoms. The summed E-state index contributed by atoms with van der Waals surface area (Å²) in [6.45, 7) is 2.55. The van der Waals surface area contributed by atoms with Crippen LogP contribution >= 0.6 is 23.8 Å². The van der Waals surface area contributed by atoms with Crippen LogP contribution in [0.3, 0.4) is 0 Å². The summed E-state index contributed by atoms with van der Waals surface area (Å²) in [5.74, 6) is 0. The van der Waals surface area contributed by atoms with Gasteiger partial charge in [-0.15, -0.1) is 0 Å². The molecule has 110 valence electrons. The maximum Gasteiger partial charge on any atom is 0.244 e. The third-order valence-electron chi connectivity index (χ3n) is 3.60. The fourth-order valence-electron chi connectivity index (χ4n) is 2.52. The first-order valence-corrected chi connectivity index (χ1v) is 8.71. The Balaban J connectivity index is 2.42. The first-order chi connectivity index (χ1) is 9.37. The number of hydrogen-bond acceptors (Lipinski definition) is 3. The molecule has 2 N–H and O–H groups in total. The highest BCUT2D eigenvalue weighted by Crippen LogP contribution is 2.31. The van der Waals surface area contributed by atoms with Gasteiger partial charge in [0.1, 0.15) is 9.88 Å². The molecule has 1 heterocycles. The van der Waals surface area contributed by atoms with Gasteiger partial charge >= 0.3 is 0 Å². The predicted molar refractivity (Wildman–Crippen MR) is 84.5 cm³/mol. The number of benzene rings is 1. The van der Waals surface area contributed by atoms with Crippen LogP contribution in [-0.2, 0) is 10.0 Å². The summed E-state index contributed by atoms with van der Waals surface area (Å²) < 4.78 is 26.9. The van der Waals surface area contributed by atoms with E-state index in [1.807, 2.05) is 6.92 Å². The molecule has 0 aliphatic carbocycles. The topological polar surface area (TPSA) is 63.4 Å². The number of rotatable bonds is 4. The van der Waals surface area contributed by atoms with Crippen molar-refractivity contribution < 1.29 is 8.42 Å². The van der Waals surface area contributed by atoms with Crippen LogP contribution in [0.1, 0.15) is 31.7 Å². The lowest BCUT2D eigenvalue weighted by Crippen LogP contribution is -2.35. The van der Waals surface area contributed by atoms with E-state index < -0.39 is 10.0 Å². The molecule has 1 aromatic carbocycles. The smallest absolute Gasteiger partial charge is 0.244 e. The molecule has 1 aliphatic heterocycles. The standard InChI is InChI=1S/C13H17ClN2O2S2/c1-2-10-4-3-7-16(10)20(17,18)12-6-5-9(13(15)19)8-11(12)14/h5-6,8,10H,2-4,7H2,1H3,(H2,15,19). The lowest BCUT2D eigenvalue weighted by Gasteiger charge is -2.23. The first-order valence-electron chi connectivity index (χ1n) is 6.49. The summed E-state index contributed by atoms with van der Waals surface area (Å²) in [4.78, 5) is 0.322. The molecule has 2 rings (SSSR count). The van der Waals surface area contributed by atoms with Crippen molar-refractivity contribution in [3.05, 3.63) is 28.8 Å². The second-order valence-corrected chi connectivity index (χ2v) is 7.54. The van der Waals surface area contributed by atoms with Crippen molar-refractivity contribution in [3.8, 4) is 0 Å². The van der Waals surface area contributed by atoms with E-state index >= 15 is 0 Å². The van der Waals surface area contributed by atoms with E-state index in [2.05, 4.69) is 0 Å². The van der Waals surface area contributed by atoms with Crippen LogP contribution in [0.2, 0.25) is 5.02 Å². The highest BCUT2D eigenvalue weighted by Gasteiger charge is 2.35. The van der Waals surface area contributed by atoms with E-state index in [1.165, 1.54) is 12.1 Å². The minimum atomic E-state index is -3.56. The molecular formula is C13H17ClN2O2S2. The number of nitrogens with two attached hydrogens (primary N) is 1. The molecule has 7 heteroatoms. The van der Waals surface area contributed by atoms with Crippen molar-refractivity contribution in [3.63, 3.8) is 0 Å². The summed E-state index contributed by atoms with van der Waals surface area (Å²) in [6, 6.07) is 4.65. The molecule has 1 unspecified atom stereocenters. The zero-order chi connectivity index (χ0) is 14.9. The largest absolute Gasteiger partial charge is 0.389 e. The Labute approximate surface area is 130 Å². The summed E-state index contributed by atoms with van der Waals surface area (Å²) in [5.41, 5.74) is 6.09. The molecule has 0 radical (unpaired) electrons. The van der Waals surface area contributed by atoms with Gasteiger partial charge < -0.3 is 5.73 Å². The van der Waals surface area contributed by atoms with Crippen molar-refractivity contribution in [2.75, 3.05) is 6.54 Å². The molecule has 0 aromatic heterocycles. The van der Waals surface area contributed by atoms with Crippen LogP contribution in [0.25, 0.3) is 0 Å². The molecule has 1 atom stereocenters.